The summed E-state index contributed by atoms with van der Waals surface area (Å²) in [7, 11) is 6.30. The summed E-state index contributed by atoms with van der Waals surface area (Å²) >= 11 is 0. The summed E-state index contributed by atoms with van der Waals surface area (Å²) in [4.78, 5) is 30.9. The standard InChI is InChI=1S/C35H43N3O6.ClH/c1-41-28-12-10-26(11-13-28)34(14-18-37-19-16-35(17-20-37,33(36)40)27-8-6-5-7-9-27)15-21-38(24-34)32(39)25-22-29(42-2)31(44-4)30(23-25)43-3;/h5-13,22-23H,14-21,24H2,1-4H3,(H2,36,40);1H. The van der Waals surface area contributed by atoms with Crippen LogP contribution in [0.1, 0.15) is 47.2 Å². The van der Waals surface area contributed by atoms with Crippen LogP contribution in [0.4, 0.5) is 0 Å². The van der Waals surface area contributed by atoms with Gasteiger partial charge in [0.1, 0.15) is 5.75 Å². The zero-order valence-corrected chi connectivity index (χ0v) is 27.4. The molecule has 45 heavy (non-hydrogen) atoms. The second-order valence-corrected chi connectivity index (χ2v) is 11.8. The average Bonchev–Trinajstić information content (AvgIpc) is 3.52. The number of halogens is 1. The minimum Gasteiger partial charge on any atom is -0.497 e. The Kier molecular flexibility index (Phi) is 10.9. The summed E-state index contributed by atoms with van der Waals surface area (Å²) in [5.74, 6) is 1.81. The van der Waals surface area contributed by atoms with E-state index in [0.29, 0.717) is 48.7 Å². The first-order chi connectivity index (χ1) is 21.3. The maximum Gasteiger partial charge on any atom is 0.254 e. The molecular weight excluding hydrogens is 594 g/mol. The second-order valence-electron chi connectivity index (χ2n) is 11.8. The number of amides is 2. The van der Waals surface area contributed by atoms with Gasteiger partial charge in [0.2, 0.25) is 11.7 Å². The van der Waals surface area contributed by atoms with E-state index in [0.717, 1.165) is 43.8 Å². The predicted molar refractivity (Wildman–Crippen MR) is 176 cm³/mol. The third-order valence-electron chi connectivity index (χ3n) is 9.67. The van der Waals surface area contributed by atoms with Crippen LogP contribution in [-0.4, -0.2) is 82.8 Å². The number of piperidine rings is 1. The number of rotatable bonds is 11. The summed E-state index contributed by atoms with van der Waals surface area (Å²) in [6.45, 7) is 3.62. The monoisotopic (exact) mass is 637 g/mol. The van der Waals surface area contributed by atoms with Gasteiger partial charge in [-0.3, -0.25) is 9.59 Å². The van der Waals surface area contributed by atoms with E-state index in [1.165, 1.54) is 5.56 Å². The van der Waals surface area contributed by atoms with Crippen LogP contribution < -0.4 is 24.7 Å². The van der Waals surface area contributed by atoms with Gasteiger partial charge < -0.3 is 34.5 Å². The Labute approximate surface area is 272 Å². The Morgan fingerprint density at radius 1 is 0.778 bits per heavy atom. The highest BCUT2D eigenvalue weighted by Crippen LogP contribution is 2.42. The molecule has 10 heteroatoms. The van der Waals surface area contributed by atoms with Crippen molar-refractivity contribution in [3.63, 3.8) is 0 Å². The van der Waals surface area contributed by atoms with Gasteiger partial charge in [0.15, 0.2) is 11.5 Å². The number of primary amides is 1. The van der Waals surface area contributed by atoms with Gasteiger partial charge in [0.05, 0.1) is 33.9 Å². The quantitative estimate of drug-likeness (QED) is 0.321. The summed E-state index contributed by atoms with van der Waals surface area (Å²) < 4.78 is 21.9. The summed E-state index contributed by atoms with van der Waals surface area (Å²) in [6.07, 6.45) is 3.08. The molecule has 2 N–H and O–H groups in total. The molecule has 0 aromatic heterocycles. The molecule has 3 aromatic rings. The van der Waals surface area contributed by atoms with E-state index < -0.39 is 5.41 Å². The summed E-state index contributed by atoms with van der Waals surface area (Å²) in [5.41, 5.74) is 7.79. The van der Waals surface area contributed by atoms with Gasteiger partial charge in [-0.15, -0.1) is 12.4 Å². The molecule has 5 rings (SSSR count). The first-order valence-corrected chi connectivity index (χ1v) is 15.1. The van der Waals surface area contributed by atoms with E-state index in [-0.39, 0.29) is 29.6 Å². The number of likely N-dealkylation sites (tertiary alicyclic amines) is 2. The molecular formula is C35H44ClN3O6. The van der Waals surface area contributed by atoms with Crippen molar-refractivity contribution in [3.8, 4) is 23.0 Å². The number of hydrogen-bond donors (Lipinski definition) is 1. The number of carbonyl (C=O) groups is 2. The topological polar surface area (TPSA) is 104 Å². The molecule has 1 unspecified atom stereocenters. The van der Waals surface area contributed by atoms with Crippen molar-refractivity contribution in [2.24, 2.45) is 5.73 Å². The van der Waals surface area contributed by atoms with E-state index in [2.05, 4.69) is 17.0 Å². The summed E-state index contributed by atoms with van der Waals surface area (Å²) in [6, 6.07) is 21.6. The lowest BCUT2D eigenvalue weighted by atomic mass is 9.71. The maximum absolute atomic E-state index is 13.9. The van der Waals surface area contributed by atoms with E-state index >= 15 is 0 Å². The fraction of sp³-hybridized carbons (Fsp3) is 0.429. The molecule has 2 fully saturated rings. The number of hydrogen-bond acceptors (Lipinski definition) is 7. The molecule has 2 heterocycles. The second kappa shape index (κ2) is 14.4. The molecule has 9 nitrogen and oxygen atoms in total. The molecule has 0 bridgehead atoms. The van der Waals surface area contributed by atoms with Crippen molar-refractivity contribution in [1.82, 2.24) is 9.80 Å². The molecule has 242 valence electrons. The largest absolute Gasteiger partial charge is 0.497 e. The lowest BCUT2D eigenvalue weighted by molar-refractivity contribution is -0.125. The Morgan fingerprint density at radius 2 is 1.40 bits per heavy atom. The molecule has 2 amide bonds. The van der Waals surface area contributed by atoms with Crippen molar-refractivity contribution in [2.75, 3.05) is 61.2 Å². The van der Waals surface area contributed by atoms with E-state index in [1.807, 2.05) is 47.4 Å². The number of ether oxygens (including phenoxy) is 4. The van der Waals surface area contributed by atoms with Gasteiger partial charge in [-0.25, -0.2) is 0 Å². The van der Waals surface area contributed by atoms with Crippen molar-refractivity contribution in [3.05, 3.63) is 83.4 Å². The first-order valence-electron chi connectivity index (χ1n) is 15.1. The number of carbonyl (C=O) groups excluding carboxylic acids is 2. The number of benzene rings is 3. The molecule has 0 radical (unpaired) electrons. The average molecular weight is 638 g/mol. The minimum absolute atomic E-state index is 0. The molecule has 2 aliphatic heterocycles. The van der Waals surface area contributed by atoms with Crippen molar-refractivity contribution in [1.29, 1.82) is 0 Å². The van der Waals surface area contributed by atoms with Crippen molar-refractivity contribution < 1.29 is 28.5 Å². The summed E-state index contributed by atoms with van der Waals surface area (Å²) in [5, 5.41) is 0. The van der Waals surface area contributed by atoms with Crippen molar-refractivity contribution >= 4 is 24.2 Å². The lowest BCUT2D eigenvalue weighted by Gasteiger charge is -2.41. The van der Waals surface area contributed by atoms with Crippen LogP contribution in [0, 0.1) is 0 Å². The van der Waals surface area contributed by atoms with E-state index in [1.54, 1.807) is 40.6 Å². The normalized spacial score (nSPS) is 19.3. The third kappa shape index (κ3) is 6.70. The fourth-order valence-corrected chi connectivity index (χ4v) is 6.93. The number of nitrogens with zero attached hydrogens (tertiary/aromatic N) is 2. The molecule has 0 aliphatic carbocycles. The SMILES string of the molecule is COc1ccc(C2(CCN3CCC(C(N)=O)(c4ccccc4)CC3)CCN(C(=O)c3cc(OC)c(OC)c(OC)c3)C2)cc1.Cl. The minimum atomic E-state index is -0.636. The lowest BCUT2D eigenvalue weighted by Crippen LogP contribution is -2.50. The molecule has 2 aliphatic rings. The van der Waals surface area contributed by atoms with Gasteiger partial charge in [-0.05, 0) is 80.7 Å². The van der Waals surface area contributed by atoms with Gasteiger partial charge in [-0.2, -0.15) is 0 Å². The molecule has 3 aromatic carbocycles. The highest BCUT2D eigenvalue weighted by Gasteiger charge is 2.44. The van der Waals surface area contributed by atoms with Crippen LogP contribution in [0.2, 0.25) is 0 Å². The Balaban J connectivity index is 0.00000461. The number of methoxy groups -OCH3 is 4. The van der Waals surface area contributed by atoms with Gasteiger partial charge in [-0.1, -0.05) is 42.5 Å². The van der Waals surface area contributed by atoms with Crippen LogP contribution in [0.3, 0.4) is 0 Å². The van der Waals surface area contributed by atoms with Gasteiger partial charge >= 0.3 is 0 Å². The smallest absolute Gasteiger partial charge is 0.254 e. The molecule has 0 saturated carbocycles. The van der Waals surface area contributed by atoms with E-state index in [4.69, 9.17) is 24.7 Å². The Hall–Kier alpha value is -3.95. The molecule has 2 saturated heterocycles. The van der Waals surface area contributed by atoms with Crippen LogP contribution in [0.15, 0.2) is 66.7 Å². The third-order valence-corrected chi connectivity index (χ3v) is 9.67. The van der Waals surface area contributed by atoms with Crippen LogP contribution in [-0.2, 0) is 15.6 Å². The zero-order valence-electron chi connectivity index (χ0n) is 26.5. The first kappa shape index (κ1) is 33.9. The molecule has 0 spiro atoms. The van der Waals surface area contributed by atoms with Gasteiger partial charge in [0, 0.05) is 24.1 Å². The zero-order chi connectivity index (χ0) is 31.3. The number of nitrogens with two attached hydrogens (primary N) is 1. The van der Waals surface area contributed by atoms with Crippen LogP contribution in [0.5, 0.6) is 23.0 Å². The highest BCUT2D eigenvalue weighted by atomic mass is 35.5. The Bertz CT molecular complexity index is 1430. The predicted octanol–water partition coefficient (Wildman–Crippen LogP) is 4.84. The van der Waals surface area contributed by atoms with Crippen LogP contribution >= 0.6 is 12.4 Å². The highest BCUT2D eigenvalue weighted by molar-refractivity contribution is 5.96. The molecule has 1 atom stereocenters. The Morgan fingerprint density at radius 3 is 1.93 bits per heavy atom. The maximum atomic E-state index is 13.9. The van der Waals surface area contributed by atoms with E-state index in [9.17, 15) is 9.59 Å². The van der Waals surface area contributed by atoms with Crippen LogP contribution in [0.25, 0.3) is 0 Å². The van der Waals surface area contributed by atoms with Gasteiger partial charge in [0.25, 0.3) is 5.91 Å². The fourth-order valence-electron chi connectivity index (χ4n) is 6.93. The van der Waals surface area contributed by atoms with Crippen molar-refractivity contribution in [2.45, 2.75) is 36.5 Å².